The maximum absolute atomic E-state index is 12.5. The predicted molar refractivity (Wildman–Crippen MR) is 92.4 cm³/mol. The Hall–Kier alpha value is -2.82. The lowest BCUT2D eigenvalue weighted by molar-refractivity contribution is 0.0947. The first-order valence-electron chi connectivity index (χ1n) is 7.85. The van der Waals surface area contributed by atoms with E-state index in [1.165, 1.54) is 6.92 Å². The van der Waals surface area contributed by atoms with Gasteiger partial charge >= 0.3 is 0 Å². The number of fused-ring (bicyclic) bond motifs is 1. The zero-order chi connectivity index (χ0) is 17.4. The number of amides is 1. The molecule has 0 aliphatic heterocycles. The predicted octanol–water partition coefficient (Wildman–Crippen LogP) is 3.82. The van der Waals surface area contributed by atoms with Crippen molar-refractivity contribution in [2.24, 2.45) is 0 Å². The van der Waals surface area contributed by atoms with Crippen LogP contribution < -0.4 is 5.32 Å². The van der Waals surface area contributed by atoms with Crippen LogP contribution in [0.4, 0.5) is 0 Å². The lowest BCUT2D eigenvalue weighted by atomic mass is 10.1. The Morgan fingerprint density at radius 2 is 1.83 bits per heavy atom. The third-order valence-electron chi connectivity index (χ3n) is 4.37. The van der Waals surface area contributed by atoms with Crippen molar-refractivity contribution >= 4 is 22.7 Å². The van der Waals surface area contributed by atoms with E-state index in [-0.39, 0.29) is 11.7 Å². The number of hydrogen-bond donors (Lipinski definition) is 2. The molecule has 3 aromatic rings. The molecular weight excluding hydrogens is 304 g/mol. The monoisotopic (exact) mass is 324 g/mol. The Morgan fingerprint density at radius 1 is 1.12 bits per heavy atom. The molecule has 5 heteroatoms. The first-order valence-corrected chi connectivity index (χ1v) is 7.85. The van der Waals surface area contributed by atoms with Gasteiger partial charge in [0.05, 0.1) is 17.8 Å². The van der Waals surface area contributed by atoms with Crippen molar-refractivity contribution in [3.8, 4) is 0 Å². The van der Waals surface area contributed by atoms with E-state index in [9.17, 15) is 9.59 Å². The zero-order valence-corrected chi connectivity index (χ0v) is 14.2. The first-order chi connectivity index (χ1) is 11.4. The average molecular weight is 324 g/mol. The number of carbonyl (C=O) groups excluding carboxylic acids is 2. The standard InChI is InChI=1S/C19H20N2O3/c1-10-14-7-5-6-8-15(14)24-16(10)9-20-19(23)17-11(2)18(13(4)22)21-12(17)3/h5-8,21H,9H2,1-4H3,(H,20,23). The molecule has 0 spiro atoms. The molecule has 0 atom stereocenters. The van der Waals surface area contributed by atoms with Crippen LogP contribution in [0.25, 0.3) is 11.0 Å². The van der Waals surface area contributed by atoms with E-state index in [1.807, 2.05) is 31.2 Å². The van der Waals surface area contributed by atoms with Gasteiger partial charge in [0.15, 0.2) is 5.78 Å². The van der Waals surface area contributed by atoms with Crippen LogP contribution in [0.3, 0.4) is 0 Å². The lowest BCUT2D eigenvalue weighted by Gasteiger charge is -2.05. The molecule has 0 aliphatic rings. The van der Waals surface area contributed by atoms with Crippen LogP contribution in [-0.2, 0) is 6.54 Å². The Morgan fingerprint density at radius 3 is 2.46 bits per heavy atom. The number of aromatic nitrogens is 1. The van der Waals surface area contributed by atoms with Crippen molar-refractivity contribution in [3.05, 3.63) is 58.1 Å². The molecule has 0 aliphatic carbocycles. The van der Waals surface area contributed by atoms with Crippen molar-refractivity contribution in [1.82, 2.24) is 10.3 Å². The van der Waals surface area contributed by atoms with Gasteiger partial charge in [0.25, 0.3) is 5.91 Å². The third kappa shape index (κ3) is 2.62. The maximum atomic E-state index is 12.5. The molecule has 0 bridgehead atoms. The normalized spacial score (nSPS) is 11.0. The SMILES string of the molecule is CC(=O)c1[nH]c(C)c(C(=O)NCc2oc3ccccc3c2C)c1C. The van der Waals surface area contributed by atoms with Gasteiger partial charge in [-0.25, -0.2) is 0 Å². The topological polar surface area (TPSA) is 75.1 Å². The minimum absolute atomic E-state index is 0.0808. The molecule has 0 saturated carbocycles. The summed E-state index contributed by atoms with van der Waals surface area (Å²) in [5.74, 6) is 0.443. The summed E-state index contributed by atoms with van der Waals surface area (Å²) in [6.45, 7) is 7.34. The van der Waals surface area contributed by atoms with E-state index >= 15 is 0 Å². The van der Waals surface area contributed by atoms with Crippen molar-refractivity contribution < 1.29 is 14.0 Å². The van der Waals surface area contributed by atoms with Crippen LogP contribution in [0.2, 0.25) is 0 Å². The molecule has 2 aromatic heterocycles. The molecule has 2 N–H and O–H groups in total. The number of benzene rings is 1. The van der Waals surface area contributed by atoms with Crippen LogP contribution in [0.1, 0.15) is 50.4 Å². The molecule has 2 heterocycles. The highest BCUT2D eigenvalue weighted by Crippen LogP contribution is 2.25. The number of aryl methyl sites for hydroxylation is 2. The number of H-pyrrole nitrogens is 1. The summed E-state index contributed by atoms with van der Waals surface area (Å²) in [5, 5.41) is 3.94. The molecule has 124 valence electrons. The average Bonchev–Trinajstić information content (AvgIpc) is 3.02. The molecular formula is C19H20N2O3. The van der Waals surface area contributed by atoms with Gasteiger partial charge in [-0.2, -0.15) is 0 Å². The number of nitrogens with one attached hydrogen (secondary N) is 2. The smallest absolute Gasteiger partial charge is 0.253 e. The number of para-hydroxylation sites is 1. The van der Waals surface area contributed by atoms with Crippen LogP contribution in [0, 0.1) is 20.8 Å². The minimum atomic E-state index is -0.214. The summed E-state index contributed by atoms with van der Waals surface area (Å²) in [6, 6.07) is 7.79. The van der Waals surface area contributed by atoms with Crippen LogP contribution in [0.5, 0.6) is 0 Å². The highest BCUT2D eigenvalue weighted by Gasteiger charge is 2.20. The maximum Gasteiger partial charge on any atom is 0.253 e. The number of rotatable bonds is 4. The Bertz CT molecular complexity index is 947. The fraction of sp³-hybridized carbons (Fsp3) is 0.263. The van der Waals surface area contributed by atoms with Gasteiger partial charge in [0, 0.05) is 23.6 Å². The first kappa shape index (κ1) is 16.1. The minimum Gasteiger partial charge on any atom is -0.459 e. The third-order valence-corrected chi connectivity index (χ3v) is 4.37. The van der Waals surface area contributed by atoms with E-state index in [0.717, 1.165) is 22.3 Å². The van der Waals surface area contributed by atoms with Crippen LogP contribution >= 0.6 is 0 Å². The number of furan rings is 1. The Kier molecular flexibility index (Phi) is 4.01. The second-order valence-corrected chi connectivity index (χ2v) is 6.01. The fourth-order valence-corrected chi connectivity index (χ4v) is 3.09. The largest absolute Gasteiger partial charge is 0.459 e. The van der Waals surface area contributed by atoms with E-state index < -0.39 is 0 Å². The van der Waals surface area contributed by atoms with E-state index in [0.29, 0.717) is 29.1 Å². The summed E-state index contributed by atoms with van der Waals surface area (Å²) >= 11 is 0. The molecule has 0 unspecified atom stereocenters. The van der Waals surface area contributed by atoms with Gasteiger partial charge in [0.1, 0.15) is 11.3 Å². The zero-order valence-electron chi connectivity index (χ0n) is 14.2. The fourth-order valence-electron chi connectivity index (χ4n) is 3.09. The summed E-state index contributed by atoms with van der Waals surface area (Å²) < 4.78 is 5.81. The summed E-state index contributed by atoms with van der Waals surface area (Å²) in [4.78, 5) is 27.1. The molecule has 0 fully saturated rings. The van der Waals surface area contributed by atoms with Gasteiger partial charge in [-0.05, 0) is 32.4 Å². The van der Waals surface area contributed by atoms with Gasteiger partial charge in [-0.15, -0.1) is 0 Å². The highest BCUT2D eigenvalue weighted by molar-refractivity contribution is 6.02. The summed E-state index contributed by atoms with van der Waals surface area (Å²) in [7, 11) is 0. The van der Waals surface area contributed by atoms with Gasteiger partial charge < -0.3 is 14.7 Å². The number of carbonyl (C=O) groups is 2. The molecule has 3 rings (SSSR count). The number of Topliss-reactive ketones (excluding diaryl/α,β-unsaturated/α-hetero) is 1. The lowest BCUT2D eigenvalue weighted by Crippen LogP contribution is -2.24. The van der Waals surface area contributed by atoms with Crippen LogP contribution in [0.15, 0.2) is 28.7 Å². The van der Waals surface area contributed by atoms with Crippen molar-refractivity contribution in [1.29, 1.82) is 0 Å². The quantitative estimate of drug-likeness (QED) is 0.716. The summed E-state index contributed by atoms with van der Waals surface area (Å²) in [5.41, 5.74) is 4.21. The molecule has 0 radical (unpaired) electrons. The molecule has 24 heavy (non-hydrogen) atoms. The highest BCUT2D eigenvalue weighted by atomic mass is 16.3. The van der Waals surface area contributed by atoms with Crippen LogP contribution in [-0.4, -0.2) is 16.7 Å². The van der Waals surface area contributed by atoms with E-state index in [4.69, 9.17) is 4.42 Å². The number of hydrogen-bond acceptors (Lipinski definition) is 3. The summed E-state index contributed by atoms with van der Waals surface area (Å²) in [6.07, 6.45) is 0. The molecule has 5 nitrogen and oxygen atoms in total. The number of ketones is 1. The van der Waals surface area contributed by atoms with Crippen molar-refractivity contribution in [2.75, 3.05) is 0 Å². The van der Waals surface area contributed by atoms with Gasteiger partial charge in [-0.1, -0.05) is 18.2 Å². The molecule has 0 saturated heterocycles. The second-order valence-electron chi connectivity index (χ2n) is 6.01. The molecule has 1 aromatic carbocycles. The van der Waals surface area contributed by atoms with Gasteiger partial charge in [-0.3, -0.25) is 9.59 Å². The number of aromatic amines is 1. The molecule has 1 amide bonds. The Labute approximate surface area is 140 Å². The second kappa shape index (κ2) is 6.00. The van der Waals surface area contributed by atoms with E-state index in [2.05, 4.69) is 10.3 Å². The van der Waals surface area contributed by atoms with Crippen molar-refractivity contribution in [3.63, 3.8) is 0 Å². The van der Waals surface area contributed by atoms with Crippen molar-refractivity contribution in [2.45, 2.75) is 34.2 Å². The Balaban J connectivity index is 1.83. The van der Waals surface area contributed by atoms with Gasteiger partial charge in [0.2, 0.25) is 0 Å². The van der Waals surface area contributed by atoms with E-state index in [1.54, 1.807) is 13.8 Å².